The highest BCUT2D eigenvalue weighted by atomic mass is 16.5. The molecule has 15 heavy (non-hydrogen) atoms. The second-order valence-corrected chi connectivity index (χ2v) is 3.67. The summed E-state index contributed by atoms with van der Waals surface area (Å²) in [6.45, 7) is 6.25. The van der Waals surface area contributed by atoms with Crippen LogP contribution in [0.2, 0.25) is 0 Å². The van der Waals surface area contributed by atoms with E-state index in [1.165, 1.54) is 0 Å². The molecule has 1 atom stereocenters. The highest BCUT2D eigenvalue weighted by Gasteiger charge is 2.23. The first-order valence-corrected chi connectivity index (χ1v) is 5.28. The normalized spacial score (nSPS) is 20.5. The largest absolute Gasteiger partial charge is 0.372 e. The predicted molar refractivity (Wildman–Crippen MR) is 61.0 cm³/mol. The molecule has 1 aliphatic rings. The van der Waals surface area contributed by atoms with Crippen molar-refractivity contribution in [3.8, 4) is 0 Å². The van der Waals surface area contributed by atoms with Crippen molar-refractivity contribution >= 4 is 5.82 Å². The quantitative estimate of drug-likeness (QED) is 0.700. The monoisotopic (exact) mass is 204 g/mol. The molecule has 0 aromatic carbocycles. The number of nitrogens with zero attached hydrogens (tertiary/aromatic N) is 2. The van der Waals surface area contributed by atoms with Crippen LogP contribution < -0.4 is 4.90 Å². The minimum Gasteiger partial charge on any atom is -0.372 e. The van der Waals surface area contributed by atoms with E-state index in [1.807, 2.05) is 24.4 Å². The van der Waals surface area contributed by atoms with Crippen LogP contribution in [-0.4, -0.2) is 30.8 Å². The molecule has 3 heteroatoms. The van der Waals surface area contributed by atoms with E-state index in [0.29, 0.717) is 12.7 Å². The van der Waals surface area contributed by atoms with Gasteiger partial charge in [0.25, 0.3) is 0 Å². The molecule has 1 aromatic heterocycles. The second kappa shape index (κ2) is 4.94. The summed E-state index contributed by atoms with van der Waals surface area (Å²) in [6.07, 6.45) is 5.02. The lowest BCUT2D eigenvalue weighted by atomic mass is 10.3. The summed E-state index contributed by atoms with van der Waals surface area (Å²) in [6, 6.07) is 5.99. The molecule has 80 valence electrons. The van der Waals surface area contributed by atoms with Gasteiger partial charge in [-0.3, -0.25) is 0 Å². The van der Waals surface area contributed by atoms with Gasteiger partial charge >= 0.3 is 0 Å². The van der Waals surface area contributed by atoms with Crippen molar-refractivity contribution < 1.29 is 4.74 Å². The fourth-order valence-electron chi connectivity index (χ4n) is 1.82. The van der Waals surface area contributed by atoms with E-state index in [4.69, 9.17) is 4.74 Å². The molecule has 3 nitrogen and oxygen atoms in total. The van der Waals surface area contributed by atoms with E-state index < -0.39 is 0 Å². The SMILES string of the molecule is C=CCOC1CCN(c2ccccn2)C1. The van der Waals surface area contributed by atoms with Crippen molar-refractivity contribution in [2.24, 2.45) is 0 Å². The molecule has 0 amide bonds. The molecule has 1 aromatic rings. The van der Waals surface area contributed by atoms with Crippen LogP contribution in [0.1, 0.15) is 6.42 Å². The molecule has 0 spiro atoms. The lowest BCUT2D eigenvalue weighted by Crippen LogP contribution is -2.23. The van der Waals surface area contributed by atoms with Crippen LogP contribution in [0.15, 0.2) is 37.1 Å². The highest BCUT2D eigenvalue weighted by molar-refractivity contribution is 5.39. The van der Waals surface area contributed by atoms with Crippen molar-refractivity contribution in [1.29, 1.82) is 0 Å². The Balaban J connectivity index is 1.90. The van der Waals surface area contributed by atoms with Gasteiger partial charge in [0, 0.05) is 19.3 Å². The Morgan fingerprint density at radius 2 is 2.53 bits per heavy atom. The Hall–Kier alpha value is -1.35. The molecular weight excluding hydrogens is 188 g/mol. The van der Waals surface area contributed by atoms with Crippen LogP contribution in [0.3, 0.4) is 0 Å². The summed E-state index contributed by atoms with van der Waals surface area (Å²) in [5.41, 5.74) is 0. The molecule has 2 rings (SSSR count). The number of hydrogen-bond acceptors (Lipinski definition) is 3. The summed E-state index contributed by atoms with van der Waals surface area (Å²) < 4.78 is 5.62. The van der Waals surface area contributed by atoms with Crippen LogP contribution in [0.25, 0.3) is 0 Å². The number of rotatable bonds is 4. The summed E-state index contributed by atoms with van der Waals surface area (Å²) in [5, 5.41) is 0. The molecule has 0 saturated carbocycles. The molecule has 1 unspecified atom stereocenters. The Bertz CT molecular complexity index is 313. The van der Waals surface area contributed by atoms with Gasteiger partial charge in [-0.1, -0.05) is 12.1 Å². The van der Waals surface area contributed by atoms with Crippen molar-refractivity contribution in [1.82, 2.24) is 4.98 Å². The fourth-order valence-corrected chi connectivity index (χ4v) is 1.82. The third-order valence-corrected chi connectivity index (χ3v) is 2.57. The van der Waals surface area contributed by atoms with Gasteiger partial charge in [-0.15, -0.1) is 6.58 Å². The van der Waals surface area contributed by atoms with Gasteiger partial charge in [0.05, 0.1) is 12.7 Å². The van der Waals surface area contributed by atoms with Crippen LogP contribution in [0, 0.1) is 0 Å². The van der Waals surface area contributed by atoms with E-state index in [9.17, 15) is 0 Å². The first-order valence-electron chi connectivity index (χ1n) is 5.28. The molecule has 0 radical (unpaired) electrons. The van der Waals surface area contributed by atoms with Crippen molar-refractivity contribution in [2.75, 3.05) is 24.6 Å². The predicted octanol–water partition coefficient (Wildman–Crippen LogP) is 1.86. The van der Waals surface area contributed by atoms with Crippen LogP contribution >= 0.6 is 0 Å². The summed E-state index contributed by atoms with van der Waals surface area (Å²) >= 11 is 0. The molecule has 1 fully saturated rings. The Labute approximate surface area is 90.4 Å². The maximum Gasteiger partial charge on any atom is 0.128 e. The summed E-state index contributed by atoms with van der Waals surface area (Å²) in [4.78, 5) is 6.58. The van der Waals surface area contributed by atoms with Crippen molar-refractivity contribution in [3.05, 3.63) is 37.1 Å². The fraction of sp³-hybridized carbons (Fsp3) is 0.417. The average molecular weight is 204 g/mol. The molecule has 0 N–H and O–H groups in total. The molecule has 2 heterocycles. The number of aromatic nitrogens is 1. The average Bonchev–Trinajstić information content (AvgIpc) is 2.76. The van der Waals surface area contributed by atoms with E-state index in [1.54, 1.807) is 6.08 Å². The van der Waals surface area contributed by atoms with Gasteiger partial charge in [-0.05, 0) is 18.6 Å². The molecule has 1 aliphatic heterocycles. The third kappa shape index (κ3) is 2.57. The van der Waals surface area contributed by atoms with E-state index in [2.05, 4.69) is 16.5 Å². The maximum absolute atomic E-state index is 5.62. The molecule has 1 saturated heterocycles. The minimum absolute atomic E-state index is 0.324. The van der Waals surface area contributed by atoms with E-state index in [-0.39, 0.29) is 0 Å². The smallest absolute Gasteiger partial charge is 0.128 e. The van der Waals surface area contributed by atoms with Gasteiger partial charge in [-0.25, -0.2) is 4.98 Å². The number of anilines is 1. The molecule has 0 bridgehead atoms. The summed E-state index contributed by atoms with van der Waals surface area (Å²) in [5.74, 6) is 1.04. The first-order chi connectivity index (χ1) is 7.40. The van der Waals surface area contributed by atoms with Gasteiger partial charge in [0.2, 0.25) is 0 Å². The van der Waals surface area contributed by atoms with Gasteiger partial charge in [0.15, 0.2) is 0 Å². The van der Waals surface area contributed by atoms with Gasteiger partial charge in [-0.2, -0.15) is 0 Å². The van der Waals surface area contributed by atoms with Crippen LogP contribution in [0.5, 0.6) is 0 Å². The number of pyridine rings is 1. The maximum atomic E-state index is 5.62. The molecule has 0 aliphatic carbocycles. The Morgan fingerprint density at radius 3 is 3.27 bits per heavy atom. The van der Waals surface area contributed by atoms with Crippen molar-refractivity contribution in [2.45, 2.75) is 12.5 Å². The van der Waals surface area contributed by atoms with Crippen LogP contribution in [-0.2, 0) is 4.74 Å². The molecular formula is C12H16N2O. The lowest BCUT2D eigenvalue weighted by molar-refractivity contribution is 0.0909. The Morgan fingerprint density at radius 1 is 1.60 bits per heavy atom. The van der Waals surface area contributed by atoms with Gasteiger partial charge < -0.3 is 9.64 Å². The lowest BCUT2D eigenvalue weighted by Gasteiger charge is -2.16. The topological polar surface area (TPSA) is 25.4 Å². The van der Waals surface area contributed by atoms with E-state index >= 15 is 0 Å². The first kappa shape index (κ1) is 10.2. The number of ether oxygens (including phenoxy) is 1. The zero-order chi connectivity index (χ0) is 10.5. The van der Waals surface area contributed by atoms with Crippen LogP contribution in [0.4, 0.5) is 5.82 Å². The zero-order valence-corrected chi connectivity index (χ0v) is 8.80. The summed E-state index contributed by atoms with van der Waals surface area (Å²) in [7, 11) is 0. The zero-order valence-electron chi connectivity index (χ0n) is 8.80. The number of hydrogen-bond donors (Lipinski definition) is 0. The highest BCUT2D eigenvalue weighted by Crippen LogP contribution is 2.18. The second-order valence-electron chi connectivity index (χ2n) is 3.67. The van der Waals surface area contributed by atoms with E-state index in [0.717, 1.165) is 25.3 Å². The third-order valence-electron chi connectivity index (χ3n) is 2.57. The standard InChI is InChI=1S/C12H16N2O/c1-2-9-15-11-6-8-14(10-11)12-5-3-4-7-13-12/h2-5,7,11H,1,6,8-10H2. The minimum atomic E-state index is 0.324. The van der Waals surface area contributed by atoms with Gasteiger partial charge in [0.1, 0.15) is 5.82 Å². The Kier molecular flexibility index (Phi) is 3.35. The van der Waals surface area contributed by atoms with Crippen molar-refractivity contribution in [3.63, 3.8) is 0 Å².